The van der Waals surface area contributed by atoms with Crippen LogP contribution in [0.4, 0.5) is 17.1 Å². The fourth-order valence-corrected chi connectivity index (χ4v) is 3.75. The summed E-state index contributed by atoms with van der Waals surface area (Å²) in [5.74, 6) is 0. The molecule has 1 nitrogen and oxygen atoms in total. The van der Waals surface area contributed by atoms with Gasteiger partial charge in [0.2, 0.25) is 0 Å². The smallest absolute Gasteiger partial charge is 0.0595 e. The minimum atomic E-state index is 1.19. The van der Waals surface area contributed by atoms with E-state index in [0.29, 0.717) is 0 Å². The van der Waals surface area contributed by atoms with Crippen LogP contribution in [0.5, 0.6) is 0 Å². The Morgan fingerprint density at radius 2 is 1.30 bits per heavy atom. The van der Waals surface area contributed by atoms with Crippen molar-refractivity contribution in [2.24, 2.45) is 0 Å². The first-order valence-corrected chi connectivity index (χ1v) is 8.83. The van der Waals surface area contributed by atoms with Crippen LogP contribution >= 0.6 is 22.6 Å². The van der Waals surface area contributed by atoms with Crippen LogP contribution < -0.4 is 4.90 Å². The first kappa shape index (κ1) is 16.1. The highest BCUT2D eigenvalue weighted by Crippen LogP contribution is 2.40. The van der Waals surface area contributed by atoms with E-state index in [-0.39, 0.29) is 0 Å². The van der Waals surface area contributed by atoms with E-state index >= 15 is 0 Å². The van der Waals surface area contributed by atoms with E-state index < -0.39 is 0 Å². The lowest BCUT2D eigenvalue weighted by Gasteiger charge is -2.29. The van der Waals surface area contributed by atoms with Crippen molar-refractivity contribution < 1.29 is 0 Å². The summed E-state index contributed by atoms with van der Waals surface area (Å²) in [6.45, 7) is 6.55. The van der Waals surface area contributed by atoms with Gasteiger partial charge in [0.25, 0.3) is 0 Å². The lowest BCUT2D eigenvalue weighted by molar-refractivity contribution is 1.20. The molecule has 0 aliphatic rings. The minimum absolute atomic E-state index is 1.19. The van der Waals surface area contributed by atoms with Crippen LogP contribution in [0.15, 0.2) is 66.7 Å². The molecule has 0 atom stereocenters. The summed E-state index contributed by atoms with van der Waals surface area (Å²) in [5.41, 5.74) is 7.57. The van der Waals surface area contributed by atoms with Gasteiger partial charge in [0, 0.05) is 9.26 Å². The van der Waals surface area contributed by atoms with Gasteiger partial charge in [0.15, 0.2) is 0 Å². The first-order chi connectivity index (χ1) is 11.1. The van der Waals surface area contributed by atoms with E-state index in [9.17, 15) is 0 Å². The zero-order valence-electron chi connectivity index (χ0n) is 13.7. The van der Waals surface area contributed by atoms with Crippen molar-refractivity contribution in [2.75, 3.05) is 4.90 Å². The number of benzene rings is 3. The Hall–Kier alpha value is -1.81. The monoisotopic (exact) mass is 413 g/mol. The highest BCUT2D eigenvalue weighted by atomic mass is 127. The molecule has 0 aliphatic heterocycles. The van der Waals surface area contributed by atoms with E-state index in [2.05, 4.69) is 115 Å². The van der Waals surface area contributed by atoms with Gasteiger partial charge >= 0.3 is 0 Å². The largest absolute Gasteiger partial charge is 0.309 e. The summed E-state index contributed by atoms with van der Waals surface area (Å²) in [5, 5.41) is 0. The van der Waals surface area contributed by atoms with Crippen LogP contribution in [0.25, 0.3) is 0 Å². The molecule has 0 bridgehead atoms. The summed E-state index contributed by atoms with van der Waals surface area (Å²) in [4.78, 5) is 2.37. The van der Waals surface area contributed by atoms with Gasteiger partial charge in [-0.25, -0.2) is 0 Å². The molecule has 2 heteroatoms. The third-order valence-corrected chi connectivity index (χ3v) is 4.88. The van der Waals surface area contributed by atoms with Gasteiger partial charge in [0.1, 0.15) is 0 Å². The molecule has 0 fully saturated rings. The van der Waals surface area contributed by atoms with E-state index in [0.717, 1.165) is 0 Å². The second-order valence-electron chi connectivity index (χ2n) is 5.87. The topological polar surface area (TPSA) is 3.24 Å². The lowest BCUT2D eigenvalue weighted by atomic mass is 10.0. The van der Waals surface area contributed by atoms with Crippen molar-refractivity contribution in [3.8, 4) is 0 Å². The van der Waals surface area contributed by atoms with E-state index in [1.54, 1.807) is 0 Å². The molecule has 3 aromatic carbocycles. The molecule has 0 amide bonds. The molecule has 3 rings (SSSR count). The second kappa shape index (κ2) is 6.75. The third-order valence-electron chi connectivity index (χ3n) is 3.97. The van der Waals surface area contributed by atoms with Crippen molar-refractivity contribution in [3.05, 3.63) is 87.0 Å². The fraction of sp³-hybridized carbons (Fsp3) is 0.143. The Morgan fingerprint density at radius 1 is 0.739 bits per heavy atom. The minimum Gasteiger partial charge on any atom is -0.309 e. The molecule has 3 aromatic rings. The zero-order valence-corrected chi connectivity index (χ0v) is 15.8. The Kier molecular flexibility index (Phi) is 4.71. The fourth-order valence-electron chi connectivity index (χ4n) is 3.12. The van der Waals surface area contributed by atoms with Gasteiger partial charge in [-0.1, -0.05) is 48.0 Å². The van der Waals surface area contributed by atoms with Crippen LogP contribution in [-0.2, 0) is 0 Å². The summed E-state index contributed by atoms with van der Waals surface area (Å²) in [6.07, 6.45) is 0. The van der Waals surface area contributed by atoms with Crippen molar-refractivity contribution in [3.63, 3.8) is 0 Å². The Bertz CT molecular complexity index is 801. The van der Waals surface area contributed by atoms with Crippen molar-refractivity contribution in [1.82, 2.24) is 0 Å². The number of hydrogen-bond acceptors (Lipinski definition) is 1. The molecule has 0 aromatic heterocycles. The quantitative estimate of drug-likeness (QED) is 0.433. The number of rotatable bonds is 3. The van der Waals surface area contributed by atoms with Crippen LogP contribution in [0.1, 0.15) is 16.7 Å². The van der Waals surface area contributed by atoms with Gasteiger partial charge in [-0.2, -0.15) is 0 Å². The average molecular weight is 413 g/mol. The Morgan fingerprint density at radius 3 is 1.91 bits per heavy atom. The van der Waals surface area contributed by atoms with Crippen LogP contribution in [0.3, 0.4) is 0 Å². The normalized spacial score (nSPS) is 10.6. The molecule has 23 heavy (non-hydrogen) atoms. The molecule has 0 unspecified atom stereocenters. The molecule has 0 saturated carbocycles. The standard InChI is InChI=1S/C21H20IN/c1-15-13-16(2)21(17(3)14-15)23(18-9-5-4-6-10-18)20-12-8-7-11-19(20)22/h4-14H,1-3H3. The number of para-hydroxylation sites is 2. The maximum Gasteiger partial charge on any atom is 0.0595 e. The van der Waals surface area contributed by atoms with Gasteiger partial charge in [-0.15, -0.1) is 0 Å². The van der Waals surface area contributed by atoms with E-state index in [1.165, 1.54) is 37.3 Å². The molecule has 0 N–H and O–H groups in total. The number of halogens is 1. The predicted octanol–water partition coefficient (Wildman–Crippen LogP) is 6.69. The second-order valence-corrected chi connectivity index (χ2v) is 7.03. The SMILES string of the molecule is Cc1cc(C)c(N(c2ccccc2)c2ccccc2I)c(C)c1. The molecule has 116 valence electrons. The molecule has 0 heterocycles. The lowest BCUT2D eigenvalue weighted by Crippen LogP contribution is -2.14. The van der Waals surface area contributed by atoms with Crippen molar-refractivity contribution in [1.29, 1.82) is 0 Å². The highest BCUT2D eigenvalue weighted by Gasteiger charge is 2.18. The van der Waals surface area contributed by atoms with Gasteiger partial charge in [0.05, 0.1) is 11.4 Å². The van der Waals surface area contributed by atoms with E-state index in [4.69, 9.17) is 0 Å². The van der Waals surface area contributed by atoms with Crippen molar-refractivity contribution >= 4 is 39.7 Å². The number of anilines is 3. The predicted molar refractivity (Wildman–Crippen MR) is 108 cm³/mol. The maximum atomic E-state index is 2.42. The number of aryl methyl sites for hydroxylation is 3. The van der Waals surface area contributed by atoms with E-state index in [1.807, 2.05) is 0 Å². The molecule has 0 saturated heterocycles. The van der Waals surface area contributed by atoms with Crippen LogP contribution in [-0.4, -0.2) is 0 Å². The third kappa shape index (κ3) is 3.27. The van der Waals surface area contributed by atoms with Gasteiger partial charge in [-0.3, -0.25) is 0 Å². The molecular weight excluding hydrogens is 393 g/mol. The number of nitrogens with zero attached hydrogens (tertiary/aromatic N) is 1. The molecule has 0 radical (unpaired) electrons. The summed E-state index contributed by atoms with van der Waals surface area (Å²) >= 11 is 2.42. The maximum absolute atomic E-state index is 2.42. The van der Waals surface area contributed by atoms with Gasteiger partial charge < -0.3 is 4.90 Å². The summed E-state index contributed by atoms with van der Waals surface area (Å²) in [7, 11) is 0. The molecule has 0 aliphatic carbocycles. The van der Waals surface area contributed by atoms with Crippen LogP contribution in [0, 0.1) is 24.3 Å². The Labute approximate surface area is 152 Å². The zero-order chi connectivity index (χ0) is 16.4. The Balaban J connectivity index is 2.28. The summed E-state index contributed by atoms with van der Waals surface area (Å²) in [6, 6.07) is 23.6. The molecular formula is C21H20IN. The van der Waals surface area contributed by atoms with Gasteiger partial charge in [-0.05, 0) is 78.8 Å². The summed E-state index contributed by atoms with van der Waals surface area (Å²) < 4.78 is 1.24. The number of hydrogen-bond donors (Lipinski definition) is 0. The van der Waals surface area contributed by atoms with Crippen LogP contribution in [0.2, 0.25) is 0 Å². The first-order valence-electron chi connectivity index (χ1n) is 7.75. The van der Waals surface area contributed by atoms with Crippen molar-refractivity contribution in [2.45, 2.75) is 20.8 Å². The molecule has 0 spiro atoms. The highest BCUT2D eigenvalue weighted by molar-refractivity contribution is 14.1. The average Bonchev–Trinajstić information content (AvgIpc) is 2.52.